The number of aryl methyl sites for hydroxylation is 1. The van der Waals surface area contributed by atoms with Crippen molar-refractivity contribution in [2.45, 2.75) is 6.18 Å². The van der Waals surface area contributed by atoms with E-state index < -0.39 is 29.2 Å². The van der Waals surface area contributed by atoms with Gasteiger partial charge in [-0.2, -0.15) is 18.3 Å². The van der Waals surface area contributed by atoms with Crippen molar-refractivity contribution in [3.63, 3.8) is 0 Å². The maximum atomic E-state index is 13.9. The molecular formula is C16H10F4N5O2. The Morgan fingerprint density at radius 3 is 2.56 bits per heavy atom. The number of halogens is 4. The Morgan fingerprint density at radius 1 is 1.22 bits per heavy atom. The first-order valence-electron chi connectivity index (χ1n) is 7.32. The van der Waals surface area contributed by atoms with Crippen molar-refractivity contribution in [3.05, 3.63) is 53.7 Å². The summed E-state index contributed by atoms with van der Waals surface area (Å²) in [5.41, 5.74) is 5.83. The third-order valence-corrected chi connectivity index (χ3v) is 3.46. The first-order chi connectivity index (χ1) is 12.6. The number of rotatable bonds is 4. The van der Waals surface area contributed by atoms with Crippen LogP contribution in [0.15, 0.2) is 36.7 Å². The van der Waals surface area contributed by atoms with Crippen molar-refractivity contribution >= 4 is 5.91 Å². The van der Waals surface area contributed by atoms with Gasteiger partial charge in [-0.15, -0.1) is 0 Å². The molecule has 0 saturated carbocycles. The molecule has 0 fully saturated rings. The van der Waals surface area contributed by atoms with Crippen LogP contribution in [0.1, 0.15) is 16.1 Å². The van der Waals surface area contributed by atoms with Crippen LogP contribution in [-0.2, 0) is 13.2 Å². The van der Waals surface area contributed by atoms with Gasteiger partial charge in [0.15, 0.2) is 5.69 Å². The molecule has 0 saturated heterocycles. The van der Waals surface area contributed by atoms with Crippen LogP contribution < -0.4 is 10.5 Å². The van der Waals surface area contributed by atoms with E-state index in [9.17, 15) is 22.4 Å². The zero-order valence-corrected chi connectivity index (χ0v) is 13.6. The van der Waals surface area contributed by atoms with Crippen LogP contribution in [-0.4, -0.2) is 25.7 Å². The fourth-order valence-electron chi connectivity index (χ4n) is 2.19. The summed E-state index contributed by atoms with van der Waals surface area (Å²) in [6.07, 6.45) is -2.17. The number of ether oxygens (including phenoxy) is 1. The molecule has 0 aliphatic rings. The number of benzene rings is 1. The van der Waals surface area contributed by atoms with Crippen molar-refractivity contribution < 1.29 is 27.1 Å². The maximum Gasteiger partial charge on any atom is 0.435 e. The molecule has 1 N–H and O–H groups in total. The topological polar surface area (TPSA) is 93.7 Å². The van der Waals surface area contributed by atoms with Gasteiger partial charge in [0.05, 0.1) is 23.7 Å². The van der Waals surface area contributed by atoms with E-state index in [1.165, 1.54) is 25.5 Å². The van der Waals surface area contributed by atoms with Crippen molar-refractivity contribution in [3.8, 4) is 23.0 Å². The van der Waals surface area contributed by atoms with E-state index in [4.69, 9.17) is 10.5 Å². The third-order valence-electron chi connectivity index (χ3n) is 3.46. The molecule has 0 atom stereocenters. The molecule has 0 unspecified atom stereocenters. The lowest BCUT2D eigenvalue weighted by Crippen LogP contribution is -2.06. The highest BCUT2D eigenvalue weighted by atomic mass is 19.4. The fraction of sp³-hybridized carbons (Fsp3) is 0.125. The lowest BCUT2D eigenvalue weighted by Gasteiger charge is -2.07. The Morgan fingerprint density at radius 2 is 1.96 bits per heavy atom. The predicted molar refractivity (Wildman–Crippen MR) is 83.1 cm³/mol. The average Bonchev–Trinajstić information content (AvgIpc) is 2.96. The smallest absolute Gasteiger partial charge is 0.419 e. The summed E-state index contributed by atoms with van der Waals surface area (Å²) in [6, 6.07) is 4.21. The van der Waals surface area contributed by atoms with Crippen LogP contribution in [0.3, 0.4) is 0 Å². The van der Waals surface area contributed by atoms with Crippen molar-refractivity contribution in [2.24, 2.45) is 7.05 Å². The number of aromatic nitrogens is 4. The summed E-state index contributed by atoms with van der Waals surface area (Å²) in [7, 11) is 1.27. The second-order valence-corrected chi connectivity index (χ2v) is 5.36. The third kappa shape index (κ3) is 3.86. The quantitative estimate of drug-likeness (QED) is 0.648. The first-order valence-corrected chi connectivity index (χ1v) is 7.32. The van der Waals surface area contributed by atoms with Gasteiger partial charge in [0.25, 0.3) is 5.91 Å². The van der Waals surface area contributed by atoms with Gasteiger partial charge in [-0.25, -0.2) is 14.1 Å². The zero-order valence-electron chi connectivity index (χ0n) is 13.6. The highest BCUT2D eigenvalue weighted by Gasteiger charge is 2.35. The first kappa shape index (κ1) is 18.3. The lowest BCUT2D eigenvalue weighted by atomic mass is 10.1. The molecule has 0 aliphatic heterocycles. The molecule has 11 heteroatoms. The molecule has 7 nitrogen and oxygen atoms in total. The van der Waals surface area contributed by atoms with E-state index in [0.29, 0.717) is 6.07 Å². The molecule has 0 spiro atoms. The average molecular weight is 380 g/mol. The summed E-state index contributed by atoms with van der Waals surface area (Å²) in [5.74, 6) is -2.42. The molecule has 1 aromatic carbocycles. The number of hydrogen-bond acceptors (Lipinski definition) is 5. The minimum absolute atomic E-state index is 0.134. The second-order valence-electron chi connectivity index (χ2n) is 5.36. The van der Waals surface area contributed by atoms with Gasteiger partial charge in [-0.3, -0.25) is 15.5 Å². The van der Waals surface area contributed by atoms with Crippen LogP contribution in [0.25, 0.3) is 11.3 Å². The molecular weight excluding hydrogens is 370 g/mol. The van der Waals surface area contributed by atoms with Gasteiger partial charge in [-0.05, 0) is 12.1 Å². The zero-order chi connectivity index (χ0) is 19.8. The van der Waals surface area contributed by atoms with Gasteiger partial charge < -0.3 is 4.74 Å². The van der Waals surface area contributed by atoms with Gasteiger partial charge in [-0.1, -0.05) is 6.07 Å². The Kier molecular flexibility index (Phi) is 4.52. The minimum Gasteiger partial charge on any atom is -0.419 e. The van der Waals surface area contributed by atoms with Crippen molar-refractivity contribution in [1.29, 1.82) is 0 Å². The lowest BCUT2D eigenvalue weighted by molar-refractivity contribution is -0.141. The Balaban J connectivity index is 1.90. The molecule has 27 heavy (non-hydrogen) atoms. The van der Waals surface area contributed by atoms with Gasteiger partial charge in [0, 0.05) is 18.7 Å². The summed E-state index contributed by atoms with van der Waals surface area (Å²) >= 11 is 0. The predicted octanol–water partition coefficient (Wildman–Crippen LogP) is 3.25. The molecule has 3 rings (SSSR count). The van der Waals surface area contributed by atoms with E-state index in [1.54, 1.807) is 0 Å². The fourth-order valence-corrected chi connectivity index (χ4v) is 2.19. The van der Waals surface area contributed by atoms with Gasteiger partial charge in [0.1, 0.15) is 5.82 Å². The number of nitrogens with zero attached hydrogens (tertiary/aromatic N) is 4. The molecule has 0 aliphatic carbocycles. The van der Waals surface area contributed by atoms with E-state index >= 15 is 0 Å². The summed E-state index contributed by atoms with van der Waals surface area (Å²) in [5, 5.41) is 3.32. The van der Waals surface area contributed by atoms with Crippen molar-refractivity contribution in [2.75, 3.05) is 0 Å². The van der Waals surface area contributed by atoms with Crippen LogP contribution >= 0.6 is 0 Å². The summed E-state index contributed by atoms with van der Waals surface area (Å²) in [6.45, 7) is 0. The molecule has 2 aromatic heterocycles. The monoisotopic (exact) mass is 380 g/mol. The Labute approximate surface area is 149 Å². The number of amides is 1. The van der Waals surface area contributed by atoms with Gasteiger partial charge in [0.2, 0.25) is 11.8 Å². The van der Waals surface area contributed by atoms with E-state index in [2.05, 4.69) is 15.1 Å². The number of nitrogens with one attached hydrogen (secondary N) is 1. The van der Waals surface area contributed by atoms with Crippen LogP contribution in [0.5, 0.6) is 11.8 Å². The van der Waals surface area contributed by atoms with Crippen LogP contribution in [0.4, 0.5) is 17.6 Å². The number of alkyl halides is 3. The molecule has 3 aromatic rings. The summed E-state index contributed by atoms with van der Waals surface area (Å²) in [4.78, 5) is 18.9. The van der Waals surface area contributed by atoms with E-state index in [0.717, 1.165) is 16.8 Å². The number of carbonyl (C=O) groups excluding carboxylic acids is 1. The Hall–Kier alpha value is -3.50. The highest BCUT2D eigenvalue weighted by molar-refractivity contribution is 5.92. The Bertz CT molecular complexity index is 1020. The molecule has 1 amide bonds. The number of carbonyl (C=O) groups is 1. The second kappa shape index (κ2) is 6.67. The molecule has 0 bridgehead atoms. The summed E-state index contributed by atoms with van der Waals surface area (Å²) < 4.78 is 58.1. The largest absolute Gasteiger partial charge is 0.435 e. The number of hydrogen-bond donors (Lipinski definition) is 0. The SMILES string of the molecule is Cn1nc(C(F)(F)F)cc1Oc1cncc(-c2ccc(C([NH])=O)c(F)c2)n1. The molecule has 2 heterocycles. The van der Waals surface area contributed by atoms with E-state index in [-0.39, 0.29) is 23.0 Å². The highest BCUT2D eigenvalue weighted by Crippen LogP contribution is 2.32. The molecule has 139 valence electrons. The van der Waals surface area contributed by atoms with Crippen LogP contribution in [0.2, 0.25) is 0 Å². The molecule has 1 radical (unpaired) electrons. The standard InChI is InChI=1S/C16H10F4N5O2/c1-25-14(5-12(24-25)16(18,19)20)27-13-7-22-6-11(23-13)8-2-3-9(15(21)26)10(17)4-8/h2-7,21H,1H3. The van der Waals surface area contributed by atoms with Crippen LogP contribution in [0, 0.1) is 5.82 Å². The van der Waals surface area contributed by atoms with E-state index in [1.807, 2.05) is 0 Å². The normalized spacial score (nSPS) is 11.4. The van der Waals surface area contributed by atoms with Crippen molar-refractivity contribution in [1.82, 2.24) is 25.5 Å². The van der Waals surface area contributed by atoms with Gasteiger partial charge >= 0.3 is 6.18 Å². The minimum atomic E-state index is -4.62. The maximum absolute atomic E-state index is 13.9.